The largest absolute Gasteiger partial charge is 0.456 e. The van der Waals surface area contributed by atoms with Gasteiger partial charge in [-0.1, -0.05) is 0 Å². The molecule has 0 spiro atoms. The Morgan fingerprint density at radius 1 is 0.957 bits per heavy atom. The molecule has 15 heteroatoms. The predicted molar refractivity (Wildman–Crippen MR) is 180 cm³/mol. The number of piperazine rings is 1. The predicted octanol–water partition coefficient (Wildman–Crippen LogP) is 4.84. The van der Waals surface area contributed by atoms with Gasteiger partial charge in [-0.2, -0.15) is 9.78 Å². The molecule has 1 aromatic carbocycles. The Bertz CT molecular complexity index is 1830. The van der Waals surface area contributed by atoms with Gasteiger partial charge in [0.1, 0.15) is 21.0 Å². The summed E-state index contributed by atoms with van der Waals surface area (Å²) < 4.78 is 13.3. The maximum atomic E-state index is 13.9. The number of aryl methyl sites for hydroxylation is 2. The molecule has 2 amide bonds. The number of ether oxygens (including phenoxy) is 2. The normalized spacial score (nSPS) is 13.9. The zero-order valence-electron chi connectivity index (χ0n) is 27.7. The summed E-state index contributed by atoms with van der Waals surface area (Å²) in [7, 11) is 2.07. The highest BCUT2D eigenvalue weighted by atomic mass is 32.1. The molecular weight excluding hydrogens is 624 g/mol. The van der Waals surface area contributed by atoms with Crippen molar-refractivity contribution in [1.29, 1.82) is 0 Å². The third-order valence-corrected chi connectivity index (χ3v) is 8.52. The molecule has 0 bridgehead atoms. The first kappa shape index (κ1) is 33.6. The van der Waals surface area contributed by atoms with Gasteiger partial charge in [-0.05, 0) is 78.9 Å². The van der Waals surface area contributed by atoms with Crippen molar-refractivity contribution >= 4 is 62.6 Å². The molecule has 1 aliphatic rings. The molecule has 3 aromatic heterocycles. The van der Waals surface area contributed by atoms with E-state index in [9.17, 15) is 19.2 Å². The van der Waals surface area contributed by atoms with Crippen LogP contribution in [0.1, 0.15) is 70.8 Å². The van der Waals surface area contributed by atoms with Gasteiger partial charge in [-0.25, -0.2) is 9.59 Å². The highest BCUT2D eigenvalue weighted by Crippen LogP contribution is 2.34. The second-order valence-electron chi connectivity index (χ2n) is 12.2. The molecule has 4 aromatic rings. The van der Waals surface area contributed by atoms with Crippen molar-refractivity contribution in [2.75, 3.05) is 55.4 Å². The van der Waals surface area contributed by atoms with Crippen molar-refractivity contribution in [1.82, 2.24) is 24.5 Å². The highest BCUT2D eigenvalue weighted by molar-refractivity contribution is 7.20. The summed E-state index contributed by atoms with van der Waals surface area (Å²) in [6.45, 7) is 14.6. The molecule has 1 aliphatic heterocycles. The van der Waals surface area contributed by atoms with E-state index in [0.29, 0.717) is 33.8 Å². The summed E-state index contributed by atoms with van der Waals surface area (Å²) >= 11 is 1.00. The first-order valence-electron chi connectivity index (χ1n) is 15.5. The summed E-state index contributed by atoms with van der Waals surface area (Å²) in [4.78, 5) is 58.1. The van der Waals surface area contributed by atoms with Crippen LogP contribution >= 0.6 is 11.3 Å². The molecular formula is C32H40N8O6S. The van der Waals surface area contributed by atoms with Crippen LogP contribution in [0.2, 0.25) is 0 Å². The maximum Gasteiger partial charge on any atom is 0.436 e. The van der Waals surface area contributed by atoms with Gasteiger partial charge in [0.25, 0.3) is 11.8 Å². The van der Waals surface area contributed by atoms with Gasteiger partial charge in [-0.3, -0.25) is 14.3 Å². The molecule has 1 fully saturated rings. The molecule has 0 unspecified atom stereocenters. The van der Waals surface area contributed by atoms with Crippen molar-refractivity contribution in [2.24, 2.45) is 0 Å². The maximum absolute atomic E-state index is 13.9. The van der Waals surface area contributed by atoms with Crippen LogP contribution < -0.4 is 15.5 Å². The Labute approximate surface area is 276 Å². The summed E-state index contributed by atoms with van der Waals surface area (Å²) in [5.41, 5.74) is 1.66. The van der Waals surface area contributed by atoms with Gasteiger partial charge < -0.3 is 29.9 Å². The monoisotopic (exact) mass is 664 g/mol. The first-order valence-corrected chi connectivity index (χ1v) is 16.3. The lowest BCUT2D eigenvalue weighted by molar-refractivity contribution is 0.00750. The number of nitrogens with one attached hydrogen (secondary N) is 2. The minimum atomic E-state index is -0.761. The summed E-state index contributed by atoms with van der Waals surface area (Å²) in [5.74, 6) is -1.52. The smallest absolute Gasteiger partial charge is 0.436 e. The number of carbonyl (C=O) groups excluding carboxylic acids is 4. The van der Waals surface area contributed by atoms with Crippen molar-refractivity contribution < 1.29 is 28.7 Å². The molecule has 2 N–H and O–H groups in total. The molecule has 14 nitrogen and oxygen atoms in total. The average molecular weight is 665 g/mol. The minimum absolute atomic E-state index is 0.0456. The zero-order chi connectivity index (χ0) is 34.0. The third-order valence-electron chi connectivity index (χ3n) is 7.43. The number of aromatic nitrogens is 4. The fourth-order valence-electron chi connectivity index (χ4n) is 5.16. The Morgan fingerprint density at radius 3 is 2.34 bits per heavy atom. The fourth-order valence-corrected chi connectivity index (χ4v) is 6.14. The lowest BCUT2D eigenvalue weighted by Gasteiger charge is -2.34. The Balaban J connectivity index is 1.51. The number of carbonyl (C=O) groups is 4. The van der Waals surface area contributed by atoms with E-state index >= 15 is 0 Å². The van der Waals surface area contributed by atoms with Gasteiger partial charge in [0.2, 0.25) is 0 Å². The lowest BCUT2D eigenvalue weighted by Crippen LogP contribution is -2.44. The van der Waals surface area contributed by atoms with Crippen LogP contribution in [0.4, 0.5) is 22.0 Å². The van der Waals surface area contributed by atoms with E-state index in [1.165, 1.54) is 6.07 Å². The molecule has 4 heterocycles. The number of hydrogen-bond acceptors (Lipinski definition) is 11. The van der Waals surface area contributed by atoms with Gasteiger partial charge >= 0.3 is 12.1 Å². The van der Waals surface area contributed by atoms with E-state index in [1.807, 2.05) is 19.9 Å². The van der Waals surface area contributed by atoms with E-state index in [4.69, 9.17) is 9.47 Å². The average Bonchev–Trinajstić information content (AvgIpc) is 3.71. The Kier molecular flexibility index (Phi) is 9.68. The second kappa shape index (κ2) is 13.5. The van der Waals surface area contributed by atoms with Crippen LogP contribution in [0.5, 0.6) is 0 Å². The molecule has 1 saturated heterocycles. The quantitative estimate of drug-likeness (QED) is 0.250. The highest BCUT2D eigenvalue weighted by Gasteiger charge is 2.27. The minimum Gasteiger partial charge on any atom is -0.456 e. The van der Waals surface area contributed by atoms with Crippen LogP contribution in [0.3, 0.4) is 0 Å². The Hall–Kier alpha value is -4.76. The van der Waals surface area contributed by atoms with E-state index in [0.717, 1.165) is 47.9 Å². The third kappa shape index (κ3) is 7.46. The number of anilines is 3. The SMILES string of the molecule is CCOC(=O)n1nc(NC(=O)c2ccc(N3CCN(C)CC3)cc2NC(=O)c2cc(C)nn2CC)c2cc(C(=O)OC(C)(C)C)sc21. The number of nitrogens with zero attached hydrogens (tertiary/aromatic N) is 6. The van der Waals surface area contributed by atoms with Crippen LogP contribution in [0.15, 0.2) is 30.3 Å². The Morgan fingerprint density at radius 2 is 1.68 bits per heavy atom. The van der Waals surface area contributed by atoms with E-state index in [2.05, 4.69) is 37.7 Å². The van der Waals surface area contributed by atoms with Crippen LogP contribution in [-0.4, -0.2) is 93.8 Å². The lowest BCUT2D eigenvalue weighted by atomic mass is 10.1. The molecule has 0 saturated carbocycles. The fraction of sp³-hybridized carbons (Fsp3) is 0.438. The number of likely N-dealkylation sites (N-methyl/N-ethyl adjacent to an activating group) is 1. The van der Waals surface area contributed by atoms with Crippen molar-refractivity contribution in [3.05, 3.63) is 52.2 Å². The number of hydrogen-bond donors (Lipinski definition) is 2. The standard InChI is InChI=1S/C32H40N8O6S/c1-8-39-24(16-19(3)35-39)28(42)33-23-17-20(38-14-12-37(7)13-15-38)10-11-21(23)27(41)34-26-22-18-25(30(43)46-32(4,5)6)47-29(22)40(36-26)31(44)45-9-2/h10-11,16-18H,8-9,12-15H2,1-7H3,(H,33,42)(H,34,36,41). The number of benzene rings is 1. The molecule has 5 rings (SSSR count). The second-order valence-corrected chi connectivity index (χ2v) is 13.2. The van der Waals surface area contributed by atoms with Crippen molar-refractivity contribution in [3.63, 3.8) is 0 Å². The number of fused-ring (bicyclic) bond motifs is 1. The van der Waals surface area contributed by atoms with Crippen molar-refractivity contribution in [3.8, 4) is 0 Å². The van der Waals surface area contributed by atoms with Crippen LogP contribution in [-0.2, 0) is 16.0 Å². The molecule has 250 valence electrons. The zero-order valence-corrected chi connectivity index (χ0v) is 28.5. The van der Waals surface area contributed by atoms with E-state index < -0.39 is 29.5 Å². The van der Waals surface area contributed by atoms with Gasteiger partial charge in [0.15, 0.2) is 5.82 Å². The van der Waals surface area contributed by atoms with Crippen molar-refractivity contribution in [2.45, 2.75) is 53.7 Å². The molecule has 0 radical (unpaired) electrons. The van der Waals surface area contributed by atoms with E-state index in [1.54, 1.807) is 50.6 Å². The van der Waals surface area contributed by atoms with Gasteiger partial charge in [0.05, 0.1) is 28.9 Å². The molecule has 0 aliphatic carbocycles. The van der Waals surface area contributed by atoms with Crippen LogP contribution in [0.25, 0.3) is 10.2 Å². The van der Waals surface area contributed by atoms with E-state index in [-0.39, 0.29) is 22.9 Å². The molecule has 0 atom stereocenters. The number of rotatable bonds is 8. The first-order chi connectivity index (χ1) is 22.3. The summed E-state index contributed by atoms with van der Waals surface area (Å²) in [5, 5.41) is 14.8. The topological polar surface area (TPSA) is 153 Å². The van der Waals surface area contributed by atoms with Crippen LogP contribution in [0, 0.1) is 6.92 Å². The number of thiophene rings is 1. The number of esters is 1. The number of amides is 2. The summed E-state index contributed by atoms with van der Waals surface area (Å²) in [6, 6.07) is 8.50. The molecule has 47 heavy (non-hydrogen) atoms. The van der Waals surface area contributed by atoms with Gasteiger partial charge in [-0.15, -0.1) is 16.4 Å². The van der Waals surface area contributed by atoms with Gasteiger partial charge in [0, 0.05) is 38.4 Å². The summed E-state index contributed by atoms with van der Waals surface area (Å²) in [6.07, 6.45) is -0.761.